The molecule has 0 saturated carbocycles. The van der Waals surface area contributed by atoms with E-state index in [1.54, 1.807) is 30.3 Å². The minimum Gasteiger partial charge on any atom is -0.491 e. The quantitative estimate of drug-likeness (QED) is 0.171. The van der Waals surface area contributed by atoms with Crippen LogP contribution < -0.4 is 9.47 Å². The molecule has 0 atom stereocenters. The Morgan fingerprint density at radius 3 is 2.39 bits per heavy atom. The van der Waals surface area contributed by atoms with E-state index >= 15 is 0 Å². The SMILES string of the molecule is CC(C)COOCCOc1ccc(C(=O)Oc2cccc3ccccc23)cc1. The highest BCUT2D eigenvalue weighted by Crippen LogP contribution is 2.26. The van der Waals surface area contributed by atoms with Crippen LogP contribution in [0.3, 0.4) is 0 Å². The van der Waals surface area contributed by atoms with Crippen molar-refractivity contribution in [1.82, 2.24) is 0 Å². The van der Waals surface area contributed by atoms with E-state index in [0.29, 0.717) is 42.8 Å². The number of hydrogen-bond acceptors (Lipinski definition) is 5. The molecule has 3 aromatic carbocycles. The summed E-state index contributed by atoms with van der Waals surface area (Å²) in [7, 11) is 0. The van der Waals surface area contributed by atoms with E-state index in [2.05, 4.69) is 0 Å². The van der Waals surface area contributed by atoms with Crippen LogP contribution in [0.5, 0.6) is 11.5 Å². The molecule has 5 nitrogen and oxygen atoms in total. The summed E-state index contributed by atoms with van der Waals surface area (Å²) >= 11 is 0. The van der Waals surface area contributed by atoms with Crippen LogP contribution in [0.4, 0.5) is 0 Å². The third-order valence-electron chi connectivity index (χ3n) is 3.96. The van der Waals surface area contributed by atoms with Crippen LogP contribution in [0, 0.1) is 5.92 Å². The molecule has 0 aromatic heterocycles. The molecule has 0 bridgehead atoms. The second-order valence-electron chi connectivity index (χ2n) is 6.74. The van der Waals surface area contributed by atoms with Crippen LogP contribution in [-0.4, -0.2) is 25.8 Å². The standard InChI is InChI=1S/C23H24O5/c1-17(2)16-27-26-15-14-25-20-12-10-19(11-13-20)23(24)28-22-9-5-7-18-6-3-4-8-21(18)22/h3-13,17H,14-16H2,1-2H3. The average Bonchev–Trinajstić information content (AvgIpc) is 2.71. The summed E-state index contributed by atoms with van der Waals surface area (Å²) in [5, 5.41) is 1.93. The molecule has 0 spiro atoms. The Kier molecular flexibility index (Phi) is 7.00. The molecular formula is C23H24O5. The van der Waals surface area contributed by atoms with Crippen LogP contribution in [0.2, 0.25) is 0 Å². The minimum absolute atomic E-state index is 0.331. The molecule has 28 heavy (non-hydrogen) atoms. The Labute approximate surface area is 164 Å². The monoisotopic (exact) mass is 380 g/mol. The highest BCUT2D eigenvalue weighted by atomic mass is 17.2. The molecule has 0 fully saturated rings. The molecule has 0 radical (unpaired) electrons. The van der Waals surface area contributed by atoms with Gasteiger partial charge in [0.25, 0.3) is 0 Å². The van der Waals surface area contributed by atoms with E-state index in [0.717, 1.165) is 10.8 Å². The summed E-state index contributed by atoms with van der Waals surface area (Å²) in [6.07, 6.45) is 0. The third-order valence-corrected chi connectivity index (χ3v) is 3.96. The molecule has 5 heteroatoms. The van der Waals surface area contributed by atoms with Gasteiger partial charge in [0.2, 0.25) is 0 Å². The largest absolute Gasteiger partial charge is 0.491 e. The maximum absolute atomic E-state index is 12.5. The first-order valence-corrected chi connectivity index (χ1v) is 9.30. The van der Waals surface area contributed by atoms with Gasteiger partial charge in [0.05, 0.1) is 12.2 Å². The van der Waals surface area contributed by atoms with Gasteiger partial charge < -0.3 is 9.47 Å². The molecule has 146 valence electrons. The second-order valence-corrected chi connectivity index (χ2v) is 6.74. The zero-order valence-electron chi connectivity index (χ0n) is 16.1. The van der Waals surface area contributed by atoms with Crippen LogP contribution in [0.25, 0.3) is 10.8 Å². The summed E-state index contributed by atoms with van der Waals surface area (Å²) in [6, 6.07) is 20.3. The third kappa shape index (κ3) is 5.55. The van der Waals surface area contributed by atoms with Crippen LogP contribution >= 0.6 is 0 Å². The Morgan fingerprint density at radius 1 is 0.857 bits per heavy atom. The number of benzene rings is 3. The highest BCUT2D eigenvalue weighted by molar-refractivity contribution is 5.95. The molecule has 0 aliphatic heterocycles. The zero-order chi connectivity index (χ0) is 19.8. The molecule has 0 aliphatic rings. The van der Waals surface area contributed by atoms with Gasteiger partial charge in [-0.15, -0.1) is 0 Å². The fourth-order valence-corrected chi connectivity index (χ4v) is 2.57. The fourth-order valence-electron chi connectivity index (χ4n) is 2.57. The lowest BCUT2D eigenvalue weighted by Gasteiger charge is -2.09. The van der Waals surface area contributed by atoms with Crippen molar-refractivity contribution in [1.29, 1.82) is 0 Å². The van der Waals surface area contributed by atoms with E-state index in [1.807, 2.05) is 50.2 Å². The van der Waals surface area contributed by atoms with Gasteiger partial charge in [-0.2, -0.15) is 0 Å². The molecule has 0 unspecified atom stereocenters. The van der Waals surface area contributed by atoms with Crippen molar-refractivity contribution >= 4 is 16.7 Å². The minimum atomic E-state index is -0.409. The van der Waals surface area contributed by atoms with Crippen molar-refractivity contribution in [2.24, 2.45) is 5.92 Å². The first-order valence-electron chi connectivity index (χ1n) is 9.30. The molecular weight excluding hydrogens is 356 g/mol. The lowest BCUT2D eigenvalue weighted by Crippen LogP contribution is -2.10. The van der Waals surface area contributed by atoms with Crippen LogP contribution in [-0.2, 0) is 9.78 Å². The molecule has 0 N–H and O–H groups in total. The molecule has 3 rings (SSSR count). The normalized spacial score (nSPS) is 11.0. The van der Waals surface area contributed by atoms with Gasteiger partial charge in [0.1, 0.15) is 24.7 Å². The van der Waals surface area contributed by atoms with Gasteiger partial charge in [-0.25, -0.2) is 14.6 Å². The molecule has 3 aromatic rings. The Morgan fingerprint density at radius 2 is 1.61 bits per heavy atom. The smallest absolute Gasteiger partial charge is 0.343 e. The number of carbonyl (C=O) groups is 1. The number of fused-ring (bicyclic) bond motifs is 1. The Bertz CT molecular complexity index is 897. The highest BCUT2D eigenvalue weighted by Gasteiger charge is 2.11. The van der Waals surface area contributed by atoms with Gasteiger partial charge in [0, 0.05) is 5.39 Å². The van der Waals surface area contributed by atoms with Gasteiger partial charge in [-0.1, -0.05) is 50.2 Å². The van der Waals surface area contributed by atoms with Gasteiger partial charge in [0.15, 0.2) is 0 Å². The topological polar surface area (TPSA) is 54.0 Å². The van der Waals surface area contributed by atoms with E-state index in [-0.39, 0.29) is 0 Å². The van der Waals surface area contributed by atoms with Gasteiger partial charge in [-0.05, 0) is 41.6 Å². The summed E-state index contributed by atoms with van der Waals surface area (Å²) in [6.45, 7) is 5.34. The molecule has 0 aliphatic carbocycles. The lowest BCUT2D eigenvalue weighted by molar-refractivity contribution is -0.301. The predicted octanol–water partition coefficient (Wildman–Crippen LogP) is 5.04. The van der Waals surface area contributed by atoms with E-state index in [9.17, 15) is 4.79 Å². The molecule has 0 heterocycles. The number of rotatable bonds is 9. The van der Waals surface area contributed by atoms with E-state index in [4.69, 9.17) is 19.2 Å². The van der Waals surface area contributed by atoms with Crippen molar-refractivity contribution in [3.63, 3.8) is 0 Å². The van der Waals surface area contributed by atoms with Crippen LogP contribution in [0.1, 0.15) is 24.2 Å². The Balaban J connectivity index is 1.52. The van der Waals surface area contributed by atoms with Gasteiger partial charge in [-0.3, -0.25) is 0 Å². The van der Waals surface area contributed by atoms with Crippen molar-refractivity contribution in [2.45, 2.75) is 13.8 Å². The first-order chi connectivity index (χ1) is 13.6. The summed E-state index contributed by atoms with van der Waals surface area (Å²) < 4.78 is 11.1. The van der Waals surface area contributed by atoms with Crippen molar-refractivity contribution in [3.8, 4) is 11.5 Å². The Hall–Kier alpha value is -2.89. The summed E-state index contributed by atoms with van der Waals surface area (Å²) in [4.78, 5) is 22.5. The molecule has 0 amide bonds. The fraction of sp³-hybridized carbons (Fsp3) is 0.261. The maximum Gasteiger partial charge on any atom is 0.343 e. The number of ether oxygens (including phenoxy) is 2. The zero-order valence-corrected chi connectivity index (χ0v) is 16.1. The maximum atomic E-state index is 12.5. The van der Waals surface area contributed by atoms with E-state index < -0.39 is 5.97 Å². The summed E-state index contributed by atoms with van der Waals surface area (Å²) in [5.41, 5.74) is 0.455. The number of hydrogen-bond donors (Lipinski definition) is 0. The first kappa shape index (κ1) is 19.9. The van der Waals surface area contributed by atoms with Crippen molar-refractivity contribution < 1.29 is 24.0 Å². The van der Waals surface area contributed by atoms with Gasteiger partial charge >= 0.3 is 5.97 Å². The van der Waals surface area contributed by atoms with Crippen LogP contribution in [0.15, 0.2) is 66.7 Å². The molecule has 0 saturated heterocycles. The average molecular weight is 380 g/mol. The lowest BCUT2D eigenvalue weighted by atomic mass is 10.1. The second kappa shape index (κ2) is 9.88. The van der Waals surface area contributed by atoms with Crippen molar-refractivity contribution in [2.75, 3.05) is 19.8 Å². The number of carbonyl (C=O) groups excluding carboxylic acids is 1. The predicted molar refractivity (Wildman–Crippen MR) is 108 cm³/mol. The van der Waals surface area contributed by atoms with E-state index in [1.165, 1.54) is 0 Å². The number of esters is 1. The van der Waals surface area contributed by atoms with Crippen molar-refractivity contribution in [3.05, 3.63) is 72.3 Å². The summed E-state index contributed by atoms with van der Waals surface area (Å²) in [5.74, 6) is 1.20.